The molecule has 110 valence electrons. The van der Waals surface area contributed by atoms with Crippen molar-refractivity contribution in [2.75, 3.05) is 5.32 Å². The minimum absolute atomic E-state index is 0.000486. The Morgan fingerprint density at radius 2 is 2.14 bits per heavy atom. The second kappa shape index (κ2) is 5.55. The quantitative estimate of drug-likeness (QED) is 0.852. The minimum atomic E-state index is -0.889. The maximum atomic E-state index is 11.7. The number of aliphatic carboxylic acids is 1. The van der Waals surface area contributed by atoms with Crippen LogP contribution in [0.2, 0.25) is 0 Å². The number of hydrogen-bond acceptors (Lipinski definition) is 4. The molecule has 21 heavy (non-hydrogen) atoms. The van der Waals surface area contributed by atoms with E-state index in [9.17, 15) is 9.59 Å². The van der Waals surface area contributed by atoms with Crippen LogP contribution in [0.4, 0.5) is 5.69 Å². The van der Waals surface area contributed by atoms with E-state index in [4.69, 9.17) is 9.52 Å². The van der Waals surface area contributed by atoms with Gasteiger partial charge in [0, 0.05) is 24.4 Å². The highest BCUT2D eigenvalue weighted by Gasteiger charge is 2.28. The highest BCUT2D eigenvalue weighted by molar-refractivity contribution is 5.92. The molecule has 1 heterocycles. The van der Waals surface area contributed by atoms with E-state index < -0.39 is 5.97 Å². The van der Waals surface area contributed by atoms with Crippen LogP contribution < -0.4 is 5.32 Å². The molecular formula is C15H16N2O4. The van der Waals surface area contributed by atoms with Gasteiger partial charge in [-0.3, -0.25) is 9.59 Å². The average molecular weight is 288 g/mol. The van der Waals surface area contributed by atoms with Gasteiger partial charge in [-0.15, -0.1) is 0 Å². The largest absolute Gasteiger partial charge is 0.481 e. The molecule has 1 aromatic carbocycles. The van der Waals surface area contributed by atoms with Crippen molar-refractivity contribution in [3.05, 3.63) is 24.1 Å². The third kappa shape index (κ3) is 3.39. The third-order valence-corrected chi connectivity index (χ3v) is 3.41. The first-order valence-electron chi connectivity index (χ1n) is 7.04. The lowest BCUT2D eigenvalue weighted by Crippen LogP contribution is -2.11. The fourth-order valence-corrected chi connectivity index (χ4v) is 2.15. The van der Waals surface area contributed by atoms with Gasteiger partial charge in [-0.2, -0.15) is 0 Å². The molecule has 0 saturated heterocycles. The summed E-state index contributed by atoms with van der Waals surface area (Å²) in [5, 5.41) is 11.3. The van der Waals surface area contributed by atoms with Crippen LogP contribution in [0.3, 0.4) is 0 Å². The Kier molecular flexibility index (Phi) is 3.60. The molecule has 3 rings (SSSR count). The van der Waals surface area contributed by atoms with Gasteiger partial charge in [-0.05, 0) is 37.5 Å². The number of amides is 1. The number of carbonyl (C=O) groups excluding carboxylic acids is 1. The van der Waals surface area contributed by atoms with Gasteiger partial charge in [0.15, 0.2) is 11.5 Å². The Morgan fingerprint density at radius 1 is 1.33 bits per heavy atom. The molecule has 0 bridgehead atoms. The van der Waals surface area contributed by atoms with Crippen LogP contribution in [0.15, 0.2) is 22.6 Å². The van der Waals surface area contributed by atoms with E-state index in [-0.39, 0.29) is 18.7 Å². The second-order valence-electron chi connectivity index (χ2n) is 5.30. The van der Waals surface area contributed by atoms with Gasteiger partial charge in [0.25, 0.3) is 0 Å². The molecule has 0 aliphatic heterocycles. The first kappa shape index (κ1) is 13.6. The molecule has 0 radical (unpaired) electrons. The number of carboxylic acid groups (broad SMARTS) is 1. The van der Waals surface area contributed by atoms with Crippen LogP contribution in [-0.4, -0.2) is 22.0 Å². The number of rotatable bonds is 6. The van der Waals surface area contributed by atoms with Gasteiger partial charge in [0.1, 0.15) is 5.52 Å². The lowest BCUT2D eigenvalue weighted by molar-refractivity contribution is -0.137. The molecule has 2 aromatic rings. The van der Waals surface area contributed by atoms with Crippen LogP contribution in [0.5, 0.6) is 0 Å². The molecule has 1 aliphatic carbocycles. The van der Waals surface area contributed by atoms with Crippen LogP contribution in [0, 0.1) is 0 Å². The SMILES string of the molecule is O=C(O)CCCC(=O)Nc1ccc2oc(C3CC3)nc2c1. The summed E-state index contributed by atoms with van der Waals surface area (Å²) >= 11 is 0. The summed E-state index contributed by atoms with van der Waals surface area (Å²) in [7, 11) is 0. The number of nitrogens with zero attached hydrogens (tertiary/aromatic N) is 1. The Balaban J connectivity index is 1.63. The second-order valence-corrected chi connectivity index (χ2v) is 5.30. The van der Waals surface area contributed by atoms with Crippen LogP contribution in [0.25, 0.3) is 11.1 Å². The highest BCUT2D eigenvalue weighted by Crippen LogP contribution is 2.40. The lowest BCUT2D eigenvalue weighted by Gasteiger charge is -2.03. The number of anilines is 1. The molecule has 0 spiro atoms. The van der Waals surface area contributed by atoms with Gasteiger partial charge in [-0.25, -0.2) is 4.98 Å². The number of carboxylic acids is 1. The van der Waals surface area contributed by atoms with Crippen molar-refractivity contribution in [2.45, 2.75) is 38.0 Å². The van der Waals surface area contributed by atoms with Gasteiger partial charge in [-0.1, -0.05) is 0 Å². The number of oxazole rings is 1. The summed E-state index contributed by atoms with van der Waals surface area (Å²) in [6.45, 7) is 0. The van der Waals surface area contributed by atoms with Gasteiger partial charge in [0.05, 0.1) is 0 Å². The van der Waals surface area contributed by atoms with Gasteiger partial charge < -0.3 is 14.8 Å². The smallest absolute Gasteiger partial charge is 0.303 e. The van der Waals surface area contributed by atoms with E-state index >= 15 is 0 Å². The number of carbonyl (C=O) groups is 2. The van der Waals surface area contributed by atoms with Crippen molar-refractivity contribution in [1.29, 1.82) is 0 Å². The Bertz CT molecular complexity index is 688. The van der Waals surface area contributed by atoms with E-state index in [0.29, 0.717) is 18.0 Å². The standard InChI is InChI=1S/C15H16N2O4/c18-13(2-1-3-14(19)20)16-10-6-7-12-11(8-10)17-15(21-12)9-4-5-9/h6-9H,1-5H2,(H,16,18)(H,19,20). The molecule has 6 nitrogen and oxygen atoms in total. The van der Waals surface area contributed by atoms with Crippen LogP contribution in [-0.2, 0) is 9.59 Å². The maximum absolute atomic E-state index is 11.7. The van der Waals surface area contributed by atoms with Crippen molar-refractivity contribution in [3.8, 4) is 0 Å². The number of benzene rings is 1. The number of nitrogens with one attached hydrogen (secondary N) is 1. The molecule has 6 heteroatoms. The fraction of sp³-hybridized carbons (Fsp3) is 0.400. The predicted molar refractivity (Wildman–Crippen MR) is 76.1 cm³/mol. The van der Waals surface area contributed by atoms with Crippen molar-refractivity contribution < 1.29 is 19.1 Å². The van der Waals surface area contributed by atoms with Gasteiger partial charge >= 0.3 is 5.97 Å². The molecule has 0 unspecified atom stereocenters. The number of fused-ring (bicyclic) bond motifs is 1. The summed E-state index contributed by atoms with van der Waals surface area (Å²) < 4.78 is 5.65. The first-order valence-corrected chi connectivity index (χ1v) is 7.04. The molecule has 2 N–H and O–H groups in total. The zero-order chi connectivity index (χ0) is 14.8. The number of aromatic nitrogens is 1. The first-order chi connectivity index (χ1) is 10.1. The van der Waals surface area contributed by atoms with E-state index in [1.165, 1.54) is 0 Å². The fourth-order valence-electron chi connectivity index (χ4n) is 2.15. The Labute approximate surface area is 121 Å². The van der Waals surface area contributed by atoms with Gasteiger partial charge in [0.2, 0.25) is 5.91 Å². The summed E-state index contributed by atoms with van der Waals surface area (Å²) in [4.78, 5) is 26.5. The summed E-state index contributed by atoms with van der Waals surface area (Å²) in [6, 6.07) is 5.33. The van der Waals surface area contributed by atoms with E-state index in [1.54, 1.807) is 18.2 Å². The summed E-state index contributed by atoms with van der Waals surface area (Å²) in [6.07, 6.45) is 2.77. The van der Waals surface area contributed by atoms with E-state index in [0.717, 1.165) is 29.8 Å². The molecule has 1 aliphatic rings. The van der Waals surface area contributed by atoms with E-state index in [1.807, 2.05) is 0 Å². The molecule has 1 saturated carbocycles. The molecular weight excluding hydrogens is 272 g/mol. The van der Waals surface area contributed by atoms with E-state index in [2.05, 4.69) is 10.3 Å². The molecule has 1 fully saturated rings. The van der Waals surface area contributed by atoms with Crippen molar-refractivity contribution in [3.63, 3.8) is 0 Å². The monoisotopic (exact) mass is 288 g/mol. The average Bonchev–Trinajstić information content (AvgIpc) is 3.18. The zero-order valence-corrected chi connectivity index (χ0v) is 11.5. The minimum Gasteiger partial charge on any atom is -0.481 e. The molecule has 0 atom stereocenters. The van der Waals surface area contributed by atoms with Crippen molar-refractivity contribution in [2.24, 2.45) is 0 Å². The van der Waals surface area contributed by atoms with Crippen molar-refractivity contribution in [1.82, 2.24) is 4.98 Å². The maximum Gasteiger partial charge on any atom is 0.303 e. The predicted octanol–water partition coefficient (Wildman–Crippen LogP) is 2.90. The normalized spacial score (nSPS) is 14.3. The zero-order valence-electron chi connectivity index (χ0n) is 11.5. The van der Waals surface area contributed by atoms with Crippen LogP contribution in [0.1, 0.15) is 43.9 Å². The Hall–Kier alpha value is -2.37. The summed E-state index contributed by atoms with van der Waals surface area (Å²) in [5.41, 5.74) is 2.11. The van der Waals surface area contributed by atoms with Crippen molar-refractivity contribution >= 4 is 28.7 Å². The molecule has 1 aromatic heterocycles. The highest BCUT2D eigenvalue weighted by atomic mass is 16.4. The van der Waals surface area contributed by atoms with Crippen LogP contribution >= 0.6 is 0 Å². The lowest BCUT2D eigenvalue weighted by atomic mass is 10.2. The molecule has 1 amide bonds. The third-order valence-electron chi connectivity index (χ3n) is 3.41. The summed E-state index contributed by atoms with van der Waals surface area (Å²) in [5.74, 6) is 0.141. The Morgan fingerprint density at radius 3 is 2.86 bits per heavy atom. The number of hydrogen-bond donors (Lipinski definition) is 2. The topological polar surface area (TPSA) is 92.4 Å².